The molecule has 1 aliphatic heterocycles. The number of hydrogen-bond donors (Lipinski definition) is 1. The van der Waals surface area contributed by atoms with Crippen molar-refractivity contribution < 1.29 is 9.90 Å². The van der Waals surface area contributed by atoms with E-state index in [1.807, 2.05) is 6.07 Å². The summed E-state index contributed by atoms with van der Waals surface area (Å²) in [5.74, 6) is 0.208. The van der Waals surface area contributed by atoms with Gasteiger partial charge in [0.15, 0.2) is 0 Å². The Bertz CT molecular complexity index is 491. The molecule has 0 aromatic carbocycles. The van der Waals surface area contributed by atoms with Crippen LogP contribution in [-0.2, 0) is 4.79 Å². The quantitative estimate of drug-likeness (QED) is 0.892. The molecule has 3 rings (SSSR count). The third-order valence-corrected chi connectivity index (χ3v) is 4.18. The normalized spacial score (nSPS) is 31.1. The second-order valence-corrected chi connectivity index (χ2v) is 5.73. The number of likely N-dealkylation sites (N-methyl/N-ethyl adjacent to an activating group) is 1. The Hall–Kier alpha value is -1.49. The summed E-state index contributed by atoms with van der Waals surface area (Å²) in [4.78, 5) is 22.1. The fourth-order valence-electron chi connectivity index (χ4n) is 2.96. The second-order valence-electron chi connectivity index (χ2n) is 5.73. The first-order chi connectivity index (χ1) is 9.15. The number of likely N-dealkylation sites (tertiary alicyclic amines) is 1. The van der Waals surface area contributed by atoms with Crippen LogP contribution in [0.5, 0.6) is 0 Å². The van der Waals surface area contributed by atoms with Gasteiger partial charge in [-0.15, -0.1) is 0 Å². The Balaban J connectivity index is 1.75. The molecule has 1 saturated heterocycles. The van der Waals surface area contributed by atoms with Crippen molar-refractivity contribution >= 4 is 5.97 Å². The van der Waals surface area contributed by atoms with Crippen LogP contribution in [-0.4, -0.2) is 46.1 Å². The van der Waals surface area contributed by atoms with Crippen LogP contribution in [0.1, 0.15) is 42.6 Å². The fourth-order valence-corrected chi connectivity index (χ4v) is 2.96. The van der Waals surface area contributed by atoms with Gasteiger partial charge in [-0.1, -0.05) is 0 Å². The summed E-state index contributed by atoms with van der Waals surface area (Å²) in [6.45, 7) is 2.18. The minimum Gasteiger partial charge on any atom is -0.481 e. The van der Waals surface area contributed by atoms with Crippen LogP contribution in [0.3, 0.4) is 0 Å². The Kier molecular flexibility index (Phi) is 3.22. The molecule has 5 nitrogen and oxygen atoms in total. The van der Waals surface area contributed by atoms with Crippen molar-refractivity contribution in [2.24, 2.45) is 5.92 Å². The number of carboxylic acid groups (broad SMARTS) is 1. The number of aliphatic carboxylic acids is 1. The van der Waals surface area contributed by atoms with Crippen molar-refractivity contribution in [1.82, 2.24) is 14.9 Å². The number of aromatic nitrogens is 2. The molecule has 1 saturated carbocycles. The first kappa shape index (κ1) is 12.5. The van der Waals surface area contributed by atoms with Crippen LogP contribution in [0.15, 0.2) is 12.3 Å². The molecule has 0 radical (unpaired) electrons. The maximum Gasteiger partial charge on any atom is 0.307 e. The maximum absolute atomic E-state index is 10.9. The summed E-state index contributed by atoms with van der Waals surface area (Å²) in [5.41, 5.74) is 1.08. The van der Waals surface area contributed by atoms with Crippen LogP contribution in [0, 0.1) is 5.92 Å². The highest BCUT2D eigenvalue weighted by Gasteiger charge is 2.46. The minimum absolute atomic E-state index is 0.0266. The van der Waals surface area contributed by atoms with Gasteiger partial charge in [0, 0.05) is 30.3 Å². The predicted molar refractivity (Wildman–Crippen MR) is 70.0 cm³/mol. The van der Waals surface area contributed by atoms with E-state index in [1.165, 1.54) is 6.42 Å². The van der Waals surface area contributed by atoms with Gasteiger partial charge in [-0.3, -0.25) is 4.79 Å². The van der Waals surface area contributed by atoms with Gasteiger partial charge in [-0.05, 0) is 38.9 Å². The summed E-state index contributed by atoms with van der Waals surface area (Å²) in [7, 11) is 2.13. The molecule has 2 aliphatic rings. The van der Waals surface area contributed by atoms with Gasteiger partial charge in [0.1, 0.15) is 5.82 Å². The Labute approximate surface area is 112 Å². The van der Waals surface area contributed by atoms with Gasteiger partial charge >= 0.3 is 5.97 Å². The summed E-state index contributed by atoms with van der Waals surface area (Å²) in [6.07, 6.45) is 4.82. The smallest absolute Gasteiger partial charge is 0.307 e. The van der Waals surface area contributed by atoms with Crippen LogP contribution in [0.4, 0.5) is 0 Å². The molecule has 1 aliphatic carbocycles. The van der Waals surface area contributed by atoms with Crippen molar-refractivity contribution in [2.75, 3.05) is 20.1 Å². The molecule has 3 unspecified atom stereocenters. The molecule has 1 aromatic rings. The van der Waals surface area contributed by atoms with E-state index >= 15 is 0 Å². The van der Waals surface area contributed by atoms with E-state index in [9.17, 15) is 4.79 Å². The summed E-state index contributed by atoms with van der Waals surface area (Å²) in [6, 6.07) is 1.98. The molecule has 2 heterocycles. The van der Waals surface area contributed by atoms with Gasteiger partial charge in [0.25, 0.3) is 0 Å². The second kappa shape index (κ2) is 4.89. The number of carboxylic acids is 1. The van der Waals surface area contributed by atoms with E-state index < -0.39 is 5.97 Å². The van der Waals surface area contributed by atoms with Gasteiger partial charge in [0.05, 0.1) is 5.92 Å². The largest absolute Gasteiger partial charge is 0.481 e. The number of nitrogens with zero attached hydrogens (tertiary/aromatic N) is 3. The number of piperidine rings is 1. The molecule has 3 atom stereocenters. The van der Waals surface area contributed by atoms with Gasteiger partial charge < -0.3 is 10.0 Å². The van der Waals surface area contributed by atoms with Crippen molar-refractivity contribution in [1.29, 1.82) is 0 Å². The van der Waals surface area contributed by atoms with Crippen LogP contribution in [0.25, 0.3) is 0 Å². The molecule has 0 amide bonds. The van der Waals surface area contributed by atoms with E-state index in [-0.39, 0.29) is 11.8 Å². The molecular formula is C14H19N3O2. The van der Waals surface area contributed by atoms with Crippen LogP contribution in [0.2, 0.25) is 0 Å². The first-order valence-corrected chi connectivity index (χ1v) is 6.89. The molecule has 1 aromatic heterocycles. The Morgan fingerprint density at radius 2 is 2.37 bits per heavy atom. The summed E-state index contributed by atoms with van der Waals surface area (Å²) in [5, 5.41) is 8.98. The Morgan fingerprint density at radius 1 is 1.53 bits per heavy atom. The average molecular weight is 261 g/mol. The molecule has 19 heavy (non-hydrogen) atoms. The first-order valence-electron chi connectivity index (χ1n) is 6.89. The highest BCUT2D eigenvalue weighted by molar-refractivity contribution is 5.74. The van der Waals surface area contributed by atoms with Crippen molar-refractivity contribution in [3.63, 3.8) is 0 Å². The number of hydrogen-bond acceptors (Lipinski definition) is 4. The van der Waals surface area contributed by atoms with E-state index in [0.29, 0.717) is 12.3 Å². The van der Waals surface area contributed by atoms with Crippen LogP contribution < -0.4 is 0 Å². The molecule has 0 spiro atoms. The third-order valence-electron chi connectivity index (χ3n) is 4.18. The van der Waals surface area contributed by atoms with Crippen molar-refractivity contribution in [3.8, 4) is 0 Å². The summed E-state index contributed by atoms with van der Waals surface area (Å²) >= 11 is 0. The van der Waals surface area contributed by atoms with Gasteiger partial charge in [-0.25, -0.2) is 9.97 Å². The zero-order chi connectivity index (χ0) is 13.4. The lowest BCUT2D eigenvalue weighted by molar-refractivity contribution is -0.138. The van der Waals surface area contributed by atoms with Crippen molar-refractivity contribution in [3.05, 3.63) is 23.8 Å². The maximum atomic E-state index is 10.9. The zero-order valence-corrected chi connectivity index (χ0v) is 11.1. The fraction of sp³-hybridized carbons (Fsp3) is 0.643. The minimum atomic E-state index is -0.726. The topological polar surface area (TPSA) is 66.3 Å². The van der Waals surface area contributed by atoms with Crippen molar-refractivity contribution in [2.45, 2.75) is 31.1 Å². The van der Waals surface area contributed by atoms with Gasteiger partial charge in [0.2, 0.25) is 0 Å². The lowest BCUT2D eigenvalue weighted by Gasteiger charge is -2.29. The highest BCUT2D eigenvalue weighted by Crippen LogP contribution is 2.46. The zero-order valence-electron chi connectivity index (χ0n) is 11.1. The Morgan fingerprint density at radius 3 is 3.05 bits per heavy atom. The van der Waals surface area contributed by atoms with E-state index in [1.54, 1.807) is 6.20 Å². The third kappa shape index (κ3) is 2.61. The van der Waals surface area contributed by atoms with E-state index in [0.717, 1.165) is 31.0 Å². The standard InChI is InChI=1S/C14H19N3O2/c1-17-6-2-3-9(8-17)12-4-5-15-13(16-12)10-7-11(10)14(18)19/h4-5,9-11H,2-3,6-8H2,1H3,(H,18,19). The average Bonchev–Trinajstić information content (AvgIpc) is 3.19. The number of rotatable bonds is 3. The molecule has 102 valence electrons. The highest BCUT2D eigenvalue weighted by atomic mass is 16.4. The predicted octanol–water partition coefficient (Wildman–Crippen LogP) is 1.47. The SMILES string of the molecule is CN1CCCC(c2ccnc(C3CC3C(=O)O)n2)C1. The summed E-state index contributed by atoms with van der Waals surface area (Å²) < 4.78 is 0. The molecule has 5 heteroatoms. The van der Waals surface area contributed by atoms with E-state index in [2.05, 4.69) is 21.9 Å². The molecule has 2 fully saturated rings. The molecule has 1 N–H and O–H groups in total. The number of carbonyl (C=O) groups is 1. The molecular weight excluding hydrogens is 242 g/mol. The lowest BCUT2D eigenvalue weighted by atomic mass is 9.95. The monoisotopic (exact) mass is 261 g/mol. The van der Waals surface area contributed by atoms with Gasteiger partial charge in [-0.2, -0.15) is 0 Å². The molecule has 0 bridgehead atoms. The van der Waals surface area contributed by atoms with E-state index in [4.69, 9.17) is 5.11 Å². The van der Waals surface area contributed by atoms with Crippen LogP contribution >= 0.6 is 0 Å². The lowest BCUT2D eigenvalue weighted by Crippen LogP contribution is -2.31.